The van der Waals surface area contributed by atoms with Crippen molar-refractivity contribution in [3.8, 4) is 5.75 Å². The van der Waals surface area contributed by atoms with Crippen LogP contribution in [-0.4, -0.2) is 42.7 Å². The van der Waals surface area contributed by atoms with Gasteiger partial charge in [0.25, 0.3) is 5.56 Å². The van der Waals surface area contributed by atoms with E-state index in [4.69, 9.17) is 9.47 Å². The quantitative estimate of drug-likeness (QED) is 0.883. The van der Waals surface area contributed by atoms with Crippen LogP contribution in [0.3, 0.4) is 0 Å². The minimum Gasteiger partial charge on any atom is -0.497 e. The summed E-state index contributed by atoms with van der Waals surface area (Å²) in [6.45, 7) is 4.07. The molecule has 6 nitrogen and oxygen atoms in total. The topological polar surface area (TPSA) is 71.6 Å². The predicted molar refractivity (Wildman–Crippen MR) is 88.7 cm³/mol. The van der Waals surface area contributed by atoms with Gasteiger partial charge in [-0.1, -0.05) is 0 Å². The van der Waals surface area contributed by atoms with Crippen molar-refractivity contribution in [2.24, 2.45) is 0 Å². The molecule has 0 atom stereocenters. The van der Waals surface area contributed by atoms with Gasteiger partial charge in [-0.25, -0.2) is 0 Å². The van der Waals surface area contributed by atoms with Gasteiger partial charge in [-0.2, -0.15) is 0 Å². The Hall–Kier alpha value is -2.34. The Labute approximate surface area is 135 Å². The van der Waals surface area contributed by atoms with Crippen molar-refractivity contribution in [1.82, 2.24) is 9.88 Å². The number of hydrogen-bond acceptors (Lipinski definition) is 4. The largest absolute Gasteiger partial charge is 0.497 e. The van der Waals surface area contributed by atoms with E-state index in [1.54, 1.807) is 18.1 Å². The average molecular weight is 318 g/mol. The molecule has 0 aliphatic carbocycles. The standard InChI is InChI=1S/C17H22N2O4/c1-11(2)19(16(20)10-22-3)9-13-7-12-5-6-14(23-4)8-15(12)18-17(13)21/h5-8,11H,9-10H2,1-4H3,(H,18,21). The summed E-state index contributed by atoms with van der Waals surface area (Å²) in [6.07, 6.45) is 0. The Kier molecular flexibility index (Phi) is 5.39. The number of nitrogens with one attached hydrogen (secondary N) is 1. The maximum Gasteiger partial charge on any atom is 0.253 e. The van der Waals surface area contributed by atoms with Crippen LogP contribution in [0.5, 0.6) is 5.75 Å². The highest BCUT2D eigenvalue weighted by molar-refractivity contribution is 5.81. The molecule has 0 unspecified atom stereocenters. The van der Waals surface area contributed by atoms with Gasteiger partial charge in [0.05, 0.1) is 19.2 Å². The third-order valence-electron chi connectivity index (χ3n) is 3.68. The fraction of sp³-hybridized carbons (Fsp3) is 0.412. The van der Waals surface area contributed by atoms with Gasteiger partial charge in [0.15, 0.2) is 0 Å². The number of carbonyl (C=O) groups excluding carboxylic acids is 1. The average Bonchev–Trinajstić information content (AvgIpc) is 2.52. The zero-order valence-corrected chi connectivity index (χ0v) is 13.9. The van der Waals surface area contributed by atoms with Crippen molar-refractivity contribution >= 4 is 16.8 Å². The number of benzene rings is 1. The molecule has 1 N–H and O–H groups in total. The van der Waals surface area contributed by atoms with Gasteiger partial charge in [-0.15, -0.1) is 0 Å². The van der Waals surface area contributed by atoms with E-state index in [9.17, 15) is 9.59 Å². The second kappa shape index (κ2) is 7.28. The third-order valence-corrected chi connectivity index (χ3v) is 3.68. The van der Waals surface area contributed by atoms with Crippen molar-refractivity contribution in [2.45, 2.75) is 26.4 Å². The maximum atomic E-state index is 12.3. The molecule has 23 heavy (non-hydrogen) atoms. The summed E-state index contributed by atoms with van der Waals surface area (Å²) >= 11 is 0. The number of ether oxygens (including phenoxy) is 2. The maximum absolute atomic E-state index is 12.3. The number of pyridine rings is 1. The zero-order chi connectivity index (χ0) is 17.0. The lowest BCUT2D eigenvalue weighted by atomic mass is 10.1. The SMILES string of the molecule is COCC(=O)N(Cc1cc2ccc(OC)cc2[nH]c1=O)C(C)C. The zero-order valence-electron chi connectivity index (χ0n) is 13.9. The highest BCUT2D eigenvalue weighted by Crippen LogP contribution is 2.19. The van der Waals surface area contributed by atoms with Crippen LogP contribution >= 0.6 is 0 Å². The number of aromatic amines is 1. The van der Waals surface area contributed by atoms with Crippen LogP contribution in [0.1, 0.15) is 19.4 Å². The molecule has 2 rings (SSSR count). The first-order valence-electron chi connectivity index (χ1n) is 7.44. The summed E-state index contributed by atoms with van der Waals surface area (Å²) in [5.74, 6) is 0.539. The summed E-state index contributed by atoms with van der Waals surface area (Å²) in [5, 5.41) is 0.892. The minimum atomic E-state index is -0.207. The van der Waals surface area contributed by atoms with Gasteiger partial charge in [-0.3, -0.25) is 9.59 Å². The Morgan fingerprint density at radius 2 is 2.00 bits per heavy atom. The van der Waals surface area contributed by atoms with Crippen LogP contribution in [0.25, 0.3) is 10.9 Å². The number of rotatable bonds is 6. The molecule has 124 valence electrons. The molecule has 1 heterocycles. The second-order valence-electron chi connectivity index (χ2n) is 5.63. The van der Waals surface area contributed by atoms with Crippen molar-refractivity contribution < 1.29 is 14.3 Å². The van der Waals surface area contributed by atoms with E-state index in [1.165, 1.54) is 7.11 Å². The molecule has 1 aromatic heterocycles. The molecule has 0 aliphatic rings. The smallest absolute Gasteiger partial charge is 0.253 e. The number of amides is 1. The lowest BCUT2D eigenvalue weighted by Crippen LogP contribution is -2.39. The molecule has 0 spiro atoms. The lowest BCUT2D eigenvalue weighted by Gasteiger charge is -2.26. The number of hydrogen-bond donors (Lipinski definition) is 1. The van der Waals surface area contributed by atoms with E-state index in [-0.39, 0.29) is 30.7 Å². The highest BCUT2D eigenvalue weighted by atomic mass is 16.5. The van der Waals surface area contributed by atoms with Crippen LogP contribution in [0, 0.1) is 0 Å². The summed E-state index contributed by atoms with van der Waals surface area (Å²) in [7, 11) is 3.06. The number of H-pyrrole nitrogens is 1. The van der Waals surface area contributed by atoms with Crippen molar-refractivity contribution in [3.63, 3.8) is 0 Å². The molecule has 0 aliphatic heterocycles. The Bertz CT molecular complexity index is 752. The molecule has 0 saturated carbocycles. The molecule has 0 radical (unpaired) electrons. The van der Waals surface area contributed by atoms with E-state index >= 15 is 0 Å². The van der Waals surface area contributed by atoms with Crippen LogP contribution in [-0.2, 0) is 16.1 Å². The molecule has 2 aromatic rings. The molecule has 0 fully saturated rings. The van der Waals surface area contributed by atoms with E-state index < -0.39 is 0 Å². The lowest BCUT2D eigenvalue weighted by molar-refractivity contribution is -0.137. The van der Waals surface area contributed by atoms with Crippen LogP contribution < -0.4 is 10.3 Å². The van der Waals surface area contributed by atoms with E-state index in [0.29, 0.717) is 16.8 Å². The van der Waals surface area contributed by atoms with E-state index in [2.05, 4.69) is 4.98 Å². The predicted octanol–water partition coefficient (Wildman–Crippen LogP) is 1.92. The summed E-state index contributed by atoms with van der Waals surface area (Å²) < 4.78 is 10.1. The van der Waals surface area contributed by atoms with Crippen LogP contribution in [0.2, 0.25) is 0 Å². The van der Waals surface area contributed by atoms with Crippen molar-refractivity contribution in [3.05, 3.63) is 40.2 Å². The highest BCUT2D eigenvalue weighted by Gasteiger charge is 2.18. The minimum absolute atomic E-state index is 0.000858. The first-order valence-corrected chi connectivity index (χ1v) is 7.44. The fourth-order valence-electron chi connectivity index (χ4n) is 2.42. The van der Waals surface area contributed by atoms with Gasteiger partial charge in [0.2, 0.25) is 5.91 Å². The number of carbonyl (C=O) groups is 1. The number of fused-ring (bicyclic) bond motifs is 1. The van der Waals surface area contributed by atoms with E-state index in [1.807, 2.05) is 32.0 Å². The first-order chi connectivity index (χ1) is 11.0. The summed E-state index contributed by atoms with van der Waals surface area (Å²) in [5.41, 5.74) is 1.04. The van der Waals surface area contributed by atoms with Crippen molar-refractivity contribution in [1.29, 1.82) is 0 Å². The monoisotopic (exact) mass is 318 g/mol. The molecule has 0 bridgehead atoms. The van der Waals surface area contributed by atoms with Crippen molar-refractivity contribution in [2.75, 3.05) is 20.8 Å². The fourth-order valence-corrected chi connectivity index (χ4v) is 2.42. The van der Waals surface area contributed by atoms with Gasteiger partial charge in [-0.05, 0) is 37.4 Å². The number of methoxy groups -OCH3 is 2. The molecular weight excluding hydrogens is 296 g/mol. The normalized spacial score (nSPS) is 11.0. The van der Waals surface area contributed by atoms with Gasteiger partial charge < -0.3 is 19.4 Å². The first kappa shape index (κ1) is 17.0. The second-order valence-corrected chi connectivity index (χ2v) is 5.63. The number of nitrogens with zero attached hydrogens (tertiary/aromatic N) is 1. The number of aromatic nitrogens is 1. The molecule has 0 saturated heterocycles. The summed E-state index contributed by atoms with van der Waals surface area (Å²) in [6, 6.07) is 7.27. The Morgan fingerprint density at radius 3 is 2.61 bits per heavy atom. The molecule has 1 aromatic carbocycles. The van der Waals surface area contributed by atoms with Gasteiger partial charge in [0, 0.05) is 24.8 Å². The molecule has 6 heteroatoms. The van der Waals surface area contributed by atoms with Gasteiger partial charge >= 0.3 is 0 Å². The van der Waals surface area contributed by atoms with E-state index in [0.717, 1.165) is 5.39 Å². The van der Waals surface area contributed by atoms with Gasteiger partial charge in [0.1, 0.15) is 12.4 Å². The molecular formula is C17H22N2O4. The molecule has 1 amide bonds. The summed E-state index contributed by atoms with van der Waals surface area (Å²) in [4.78, 5) is 28.9. The van der Waals surface area contributed by atoms with Crippen LogP contribution in [0.15, 0.2) is 29.1 Å². The van der Waals surface area contributed by atoms with Crippen LogP contribution in [0.4, 0.5) is 0 Å². The third kappa shape index (κ3) is 3.90. The Morgan fingerprint density at radius 1 is 1.26 bits per heavy atom. The Balaban J connectivity index is 2.36.